The number of rotatable bonds is 6. The Balaban J connectivity index is 1.75. The van der Waals surface area contributed by atoms with E-state index in [1.165, 1.54) is 10.5 Å². The van der Waals surface area contributed by atoms with Crippen molar-refractivity contribution in [3.05, 3.63) is 41.0 Å². The zero-order valence-corrected chi connectivity index (χ0v) is 17.7. The minimum atomic E-state index is 0.0101. The molecule has 0 saturated carbocycles. The molecule has 0 saturated heterocycles. The summed E-state index contributed by atoms with van der Waals surface area (Å²) in [6.07, 6.45) is 1.40. The molecule has 0 spiro atoms. The number of hydrogen-bond donors (Lipinski definition) is 2. The van der Waals surface area contributed by atoms with Gasteiger partial charge in [-0.2, -0.15) is 0 Å². The summed E-state index contributed by atoms with van der Waals surface area (Å²) in [5.74, 6) is 3.32. The molecule has 2 aliphatic rings. The number of ether oxygens (including phenoxy) is 5. The highest BCUT2D eigenvalue weighted by molar-refractivity contribution is 6.03. The van der Waals surface area contributed by atoms with E-state index in [9.17, 15) is 5.21 Å². The van der Waals surface area contributed by atoms with E-state index in [1.807, 2.05) is 18.2 Å². The van der Waals surface area contributed by atoms with Gasteiger partial charge in [0.1, 0.15) is 17.5 Å². The number of nitrogens with one attached hydrogen (secondary N) is 1. The van der Waals surface area contributed by atoms with Crippen LogP contribution in [0.15, 0.2) is 29.4 Å². The average molecular weight is 415 g/mol. The fourth-order valence-corrected chi connectivity index (χ4v) is 4.33. The Morgan fingerprint density at radius 1 is 1.17 bits per heavy atom. The molecule has 4 rings (SSSR count). The molecule has 0 amide bonds. The summed E-state index contributed by atoms with van der Waals surface area (Å²) in [4.78, 5) is 1.30. The lowest BCUT2D eigenvalue weighted by molar-refractivity contribution is -0.913. The smallest absolute Gasteiger partial charge is 0.231 e. The van der Waals surface area contributed by atoms with E-state index >= 15 is 0 Å². The fraction of sp³-hybridized carbons (Fsp3) is 0.409. The monoisotopic (exact) mass is 415 g/mol. The molecular formula is C22H27N2O6+. The summed E-state index contributed by atoms with van der Waals surface area (Å²) >= 11 is 0. The number of likely N-dealkylation sites (N-methyl/N-ethyl adjacent to an activating group) is 1. The van der Waals surface area contributed by atoms with E-state index in [2.05, 4.69) is 12.2 Å². The van der Waals surface area contributed by atoms with Gasteiger partial charge in [0, 0.05) is 18.1 Å². The van der Waals surface area contributed by atoms with E-state index in [1.54, 1.807) is 27.4 Å². The van der Waals surface area contributed by atoms with Crippen LogP contribution in [0.5, 0.6) is 28.7 Å². The highest BCUT2D eigenvalue weighted by Crippen LogP contribution is 2.48. The van der Waals surface area contributed by atoms with Gasteiger partial charge in [-0.05, 0) is 23.8 Å². The van der Waals surface area contributed by atoms with Crippen molar-refractivity contribution in [1.82, 2.24) is 0 Å². The summed E-state index contributed by atoms with van der Waals surface area (Å²) in [5.41, 5.74) is 3.50. The summed E-state index contributed by atoms with van der Waals surface area (Å²) < 4.78 is 27.8. The van der Waals surface area contributed by atoms with Crippen LogP contribution in [-0.4, -0.2) is 52.6 Å². The van der Waals surface area contributed by atoms with Crippen LogP contribution in [0.4, 0.5) is 0 Å². The van der Waals surface area contributed by atoms with Crippen molar-refractivity contribution in [1.29, 1.82) is 0 Å². The molecule has 30 heavy (non-hydrogen) atoms. The average Bonchev–Trinajstić information content (AvgIpc) is 3.25. The molecule has 2 aromatic rings. The highest BCUT2D eigenvalue weighted by atomic mass is 16.7. The minimum absolute atomic E-state index is 0.0101. The minimum Gasteiger partial charge on any atom is -0.497 e. The van der Waals surface area contributed by atoms with E-state index in [4.69, 9.17) is 23.7 Å². The third-order valence-corrected chi connectivity index (χ3v) is 5.92. The molecule has 160 valence electrons. The zero-order chi connectivity index (χ0) is 21.3. The Kier molecular flexibility index (Phi) is 5.59. The van der Waals surface area contributed by atoms with Crippen molar-refractivity contribution in [3.63, 3.8) is 0 Å². The maximum absolute atomic E-state index is 9.89. The first-order valence-electron chi connectivity index (χ1n) is 9.86. The molecule has 0 fully saturated rings. The normalized spacial score (nSPS) is 19.9. The van der Waals surface area contributed by atoms with Crippen LogP contribution in [0.2, 0.25) is 0 Å². The standard InChI is InChI=1S/C22H26N2O6/c1-24-8-7-13-9-19-21(30-12-29-19)22(28-4)20(13)17(24)11-16(23-25)15-6-5-14(26-2)10-18(15)27-3/h5-6,9-10,17,25H,7-8,11-12H2,1-4H3/p+1/b23-16+/t17-/m1/s1. The second kappa shape index (κ2) is 8.31. The maximum Gasteiger partial charge on any atom is 0.231 e. The van der Waals surface area contributed by atoms with Crippen molar-refractivity contribution in [2.24, 2.45) is 5.16 Å². The molecule has 0 aromatic heterocycles. The first-order chi connectivity index (χ1) is 14.6. The number of hydrogen-bond acceptors (Lipinski definition) is 7. The van der Waals surface area contributed by atoms with Gasteiger partial charge in [0.15, 0.2) is 11.5 Å². The quantitative estimate of drug-likeness (QED) is 0.426. The maximum atomic E-state index is 9.89. The zero-order valence-electron chi connectivity index (χ0n) is 17.7. The fourth-order valence-electron chi connectivity index (χ4n) is 4.33. The van der Waals surface area contributed by atoms with Crippen LogP contribution in [0.25, 0.3) is 0 Å². The number of benzene rings is 2. The van der Waals surface area contributed by atoms with E-state index in [-0.39, 0.29) is 12.8 Å². The second-order valence-electron chi connectivity index (χ2n) is 7.43. The van der Waals surface area contributed by atoms with Gasteiger partial charge in [0.2, 0.25) is 12.5 Å². The van der Waals surface area contributed by atoms with Crippen molar-refractivity contribution in [2.45, 2.75) is 18.9 Å². The van der Waals surface area contributed by atoms with E-state index < -0.39 is 0 Å². The summed E-state index contributed by atoms with van der Waals surface area (Å²) in [7, 11) is 6.97. The molecule has 1 unspecified atom stereocenters. The SMILES string of the molecule is COc1ccc(/C(C[C@@H]2c3c(cc4c(c3OC)OCO4)CC[NH+]2C)=N/O)c(OC)c1. The Bertz CT molecular complexity index is 975. The Morgan fingerprint density at radius 3 is 2.70 bits per heavy atom. The van der Waals surface area contributed by atoms with Gasteiger partial charge < -0.3 is 33.8 Å². The van der Waals surface area contributed by atoms with Gasteiger partial charge in [-0.3, -0.25) is 0 Å². The predicted molar refractivity (Wildman–Crippen MR) is 110 cm³/mol. The first kappa shape index (κ1) is 20.2. The molecule has 2 atom stereocenters. The number of oxime groups is 1. The Labute approximate surface area is 175 Å². The molecule has 2 heterocycles. The van der Waals surface area contributed by atoms with Crippen LogP contribution in [0, 0.1) is 0 Å². The topological polar surface area (TPSA) is 83.2 Å². The Hall–Kier alpha value is -3.13. The molecule has 8 nitrogen and oxygen atoms in total. The Morgan fingerprint density at radius 2 is 2.00 bits per heavy atom. The van der Waals surface area contributed by atoms with Gasteiger partial charge in [-0.15, -0.1) is 0 Å². The van der Waals surface area contributed by atoms with Crippen LogP contribution >= 0.6 is 0 Å². The van der Waals surface area contributed by atoms with Gasteiger partial charge in [0.25, 0.3) is 0 Å². The molecule has 0 bridgehead atoms. The predicted octanol–water partition coefficient (Wildman–Crippen LogP) is 1.82. The summed E-state index contributed by atoms with van der Waals surface area (Å²) in [5, 5.41) is 13.5. The number of quaternary nitrogens is 1. The summed E-state index contributed by atoms with van der Waals surface area (Å²) in [6.45, 7) is 1.13. The third-order valence-electron chi connectivity index (χ3n) is 5.92. The van der Waals surface area contributed by atoms with Crippen LogP contribution in [0.1, 0.15) is 29.2 Å². The van der Waals surface area contributed by atoms with Crippen molar-refractivity contribution in [2.75, 3.05) is 41.7 Å². The lowest BCUT2D eigenvalue weighted by Gasteiger charge is -2.33. The van der Waals surface area contributed by atoms with Crippen LogP contribution < -0.4 is 28.6 Å². The van der Waals surface area contributed by atoms with Crippen molar-refractivity contribution >= 4 is 5.71 Å². The van der Waals surface area contributed by atoms with Crippen molar-refractivity contribution < 1.29 is 33.8 Å². The summed E-state index contributed by atoms with van der Waals surface area (Å²) in [6, 6.07) is 7.51. The van der Waals surface area contributed by atoms with Crippen LogP contribution in [0.3, 0.4) is 0 Å². The molecule has 8 heteroatoms. The first-order valence-corrected chi connectivity index (χ1v) is 9.86. The molecule has 2 aromatic carbocycles. The third kappa shape index (κ3) is 3.37. The van der Waals surface area contributed by atoms with Gasteiger partial charge >= 0.3 is 0 Å². The molecular weight excluding hydrogens is 388 g/mol. The van der Waals surface area contributed by atoms with E-state index in [0.29, 0.717) is 35.1 Å². The van der Waals surface area contributed by atoms with Gasteiger partial charge in [-0.25, -0.2) is 0 Å². The number of fused-ring (bicyclic) bond motifs is 2. The van der Waals surface area contributed by atoms with Gasteiger partial charge in [-0.1, -0.05) is 5.16 Å². The number of methoxy groups -OCH3 is 3. The lowest BCUT2D eigenvalue weighted by Crippen LogP contribution is -3.10. The molecule has 0 radical (unpaired) electrons. The largest absolute Gasteiger partial charge is 0.497 e. The molecule has 2 aliphatic heterocycles. The lowest BCUT2D eigenvalue weighted by atomic mass is 9.87. The van der Waals surface area contributed by atoms with Crippen LogP contribution in [-0.2, 0) is 6.42 Å². The van der Waals surface area contributed by atoms with E-state index in [0.717, 1.165) is 29.8 Å². The highest BCUT2D eigenvalue weighted by Gasteiger charge is 2.37. The molecule has 2 N–H and O–H groups in total. The van der Waals surface area contributed by atoms with Crippen molar-refractivity contribution in [3.8, 4) is 28.7 Å². The molecule has 0 aliphatic carbocycles. The van der Waals surface area contributed by atoms with Gasteiger partial charge in [0.05, 0.1) is 52.6 Å². The number of nitrogens with zero attached hydrogens (tertiary/aromatic N) is 1. The second-order valence-corrected chi connectivity index (χ2v) is 7.43.